The Morgan fingerprint density at radius 1 is 1.17 bits per heavy atom. The Morgan fingerprint density at radius 2 is 1.79 bits per heavy atom. The van der Waals surface area contributed by atoms with Gasteiger partial charge in [0.2, 0.25) is 0 Å². The number of benzene rings is 2. The van der Waals surface area contributed by atoms with Gasteiger partial charge in [-0.05, 0) is 28.8 Å². The highest BCUT2D eigenvalue weighted by Crippen LogP contribution is 2.32. The molecule has 24 heavy (non-hydrogen) atoms. The van der Waals surface area contributed by atoms with E-state index in [1.54, 1.807) is 62.4 Å². The number of carbonyl (C=O) groups excluding carboxylic acids is 1. The van der Waals surface area contributed by atoms with Gasteiger partial charge in [-0.3, -0.25) is 14.9 Å². The fraction of sp³-hybridized carbons (Fsp3) is 0.167. The molecule has 0 aliphatic rings. The molecule has 0 heterocycles. The van der Waals surface area contributed by atoms with Gasteiger partial charge in [-0.2, -0.15) is 0 Å². The number of nitrogens with zero attached hydrogens (tertiary/aromatic N) is 2. The van der Waals surface area contributed by atoms with Crippen molar-refractivity contribution in [1.82, 2.24) is 5.32 Å². The first-order valence-corrected chi connectivity index (χ1v) is 7.33. The summed E-state index contributed by atoms with van der Waals surface area (Å²) < 4.78 is 0. The van der Waals surface area contributed by atoms with Crippen molar-refractivity contribution in [2.24, 2.45) is 0 Å². The summed E-state index contributed by atoms with van der Waals surface area (Å²) in [6, 6.07) is 12.0. The molecule has 2 rings (SSSR count). The summed E-state index contributed by atoms with van der Waals surface area (Å²) in [6.07, 6.45) is 0. The normalized spacial score (nSPS) is 10.1. The van der Waals surface area contributed by atoms with Crippen LogP contribution in [0.25, 0.3) is 5.57 Å². The van der Waals surface area contributed by atoms with Gasteiger partial charge in [0.1, 0.15) is 5.69 Å². The fourth-order valence-corrected chi connectivity index (χ4v) is 2.47. The minimum Gasteiger partial charge on any atom is -0.372 e. The Labute approximate surface area is 140 Å². The highest BCUT2D eigenvalue weighted by molar-refractivity contribution is 6.00. The van der Waals surface area contributed by atoms with Crippen LogP contribution < -0.4 is 10.2 Å². The maximum Gasteiger partial charge on any atom is 0.293 e. The molecular weight excluding hydrogens is 306 g/mol. The molecule has 0 radical (unpaired) electrons. The summed E-state index contributed by atoms with van der Waals surface area (Å²) in [5.74, 6) is -0.230. The molecular formula is C18H19N3O3. The van der Waals surface area contributed by atoms with E-state index in [0.717, 1.165) is 0 Å². The number of hydrogen-bond donors (Lipinski definition) is 1. The summed E-state index contributed by atoms with van der Waals surface area (Å²) in [6.45, 7) is 4.03. The van der Waals surface area contributed by atoms with E-state index in [0.29, 0.717) is 28.0 Å². The van der Waals surface area contributed by atoms with Gasteiger partial charge >= 0.3 is 0 Å². The number of anilines is 1. The molecule has 0 bridgehead atoms. The topological polar surface area (TPSA) is 75.5 Å². The zero-order chi connectivity index (χ0) is 17.9. The van der Waals surface area contributed by atoms with Crippen molar-refractivity contribution in [3.05, 3.63) is 75.8 Å². The predicted molar refractivity (Wildman–Crippen MR) is 95.4 cm³/mol. The van der Waals surface area contributed by atoms with Crippen LogP contribution in [0.5, 0.6) is 0 Å². The highest BCUT2D eigenvalue weighted by Gasteiger charge is 2.19. The van der Waals surface area contributed by atoms with E-state index >= 15 is 0 Å². The molecule has 1 N–H and O–H groups in total. The van der Waals surface area contributed by atoms with Crippen LogP contribution in [-0.2, 0) is 0 Å². The Hall–Kier alpha value is -3.15. The van der Waals surface area contributed by atoms with Crippen LogP contribution in [0.3, 0.4) is 0 Å². The fourth-order valence-electron chi connectivity index (χ4n) is 2.47. The van der Waals surface area contributed by atoms with Crippen LogP contribution in [-0.4, -0.2) is 32.0 Å². The maximum absolute atomic E-state index is 12.0. The molecule has 6 heteroatoms. The number of nitro groups is 1. The number of nitro benzene ring substituents is 1. The molecule has 0 aromatic heterocycles. The Kier molecular flexibility index (Phi) is 4.99. The van der Waals surface area contributed by atoms with Crippen molar-refractivity contribution in [3.8, 4) is 0 Å². The van der Waals surface area contributed by atoms with Crippen LogP contribution >= 0.6 is 0 Å². The Morgan fingerprint density at radius 3 is 2.33 bits per heavy atom. The third-order valence-corrected chi connectivity index (χ3v) is 3.73. The summed E-state index contributed by atoms with van der Waals surface area (Å²) in [4.78, 5) is 24.6. The molecule has 124 valence electrons. The number of hydrogen-bond acceptors (Lipinski definition) is 4. The number of nitrogens with one attached hydrogen (secondary N) is 1. The first-order chi connectivity index (χ1) is 11.4. The molecule has 0 spiro atoms. The van der Waals surface area contributed by atoms with Crippen LogP contribution in [0, 0.1) is 10.1 Å². The molecule has 0 aliphatic carbocycles. The molecule has 0 atom stereocenters. The van der Waals surface area contributed by atoms with E-state index in [9.17, 15) is 14.9 Å². The molecule has 1 amide bonds. The number of rotatable bonds is 5. The van der Waals surface area contributed by atoms with Gasteiger partial charge in [0, 0.05) is 32.8 Å². The van der Waals surface area contributed by atoms with Crippen molar-refractivity contribution in [2.75, 3.05) is 26.0 Å². The lowest BCUT2D eigenvalue weighted by Gasteiger charge is -2.15. The number of carbonyl (C=O) groups is 1. The summed E-state index contributed by atoms with van der Waals surface area (Å²) >= 11 is 0. The van der Waals surface area contributed by atoms with Crippen molar-refractivity contribution < 1.29 is 9.72 Å². The van der Waals surface area contributed by atoms with Crippen LogP contribution in [0.4, 0.5) is 11.4 Å². The molecule has 0 unspecified atom stereocenters. The molecule has 0 saturated carbocycles. The van der Waals surface area contributed by atoms with Gasteiger partial charge in [0.15, 0.2) is 0 Å². The minimum atomic E-state index is -0.420. The maximum atomic E-state index is 12.0. The summed E-state index contributed by atoms with van der Waals surface area (Å²) in [7, 11) is 5.05. The van der Waals surface area contributed by atoms with Gasteiger partial charge in [-0.1, -0.05) is 30.8 Å². The lowest BCUT2D eigenvalue weighted by atomic mass is 9.94. The smallest absolute Gasteiger partial charge is 0.293 e. The zero-order valence-electron chi connectivity index (χ0n) is 13.9. The molecule has 0 saturated heterocycles. The average molecular weight is 325 g/mol. The second kappa shape index (κ2) is 6.95. The van der Waals surface area contributed by atoms with Gasteiger partial charge in [0.25, 0.3) is 11.6 Å². The average Bonchev–Trinajstić information content (AvgIpc) is 2.59. The zero-order valence-corrected chi connectivity index (χ0v) is 13.9. The Bertz CT molecular complexity index is 813. The van der Waals surface area contributed by atoms with Crippen molar-refractivity contribution in [2.45, 2.75) is 0 Å². The lowest BCUT2D eigenvalue weighted by Crippen LogP contribution is -2.19. The van der Waals surface area contributed by atoms with E-state index in [1.165, 1.54) is 6.07 Å². The highest BCUT2D eigenvalue weighted by atomic mass is 16.6. The van der Waals surface area contributed by atoms with E-state index in [2.05, 4.69) is 11.9 Å². The SMILES string of the molecule is C=C(c1ccc(N(C)C)c([N+](=O)[O-])c1)c1ccccc1C(=O)NC. The van der Waals surface area contributed by atoms with E-state index < -0.39 is 4.92 Å². The summed E-state index contributed by atoms with van der Waals surface area (Å²) in [5.41, 5.74) is 2.78. The van der Waals surface area contributed by atoms with Crippen LogP contribution in [0.15, 0.2) is 49.0 Å². The molecule has 6 nitrogen and oxygen atoms in total. The Balaban J connectivity index is 2.54. The molecule has 0 fully saturated rings. The predicted octanol–water partition coefficient (Wildman–Crippen LogP) is 3.08. The third kappa shape index (κ3) is 3.27. The third-order valence-electron chi connectivity index (χ3n) is 3.73. The van der Waals surface area contributed by atoms with Gasteiger partial charge in [-0.15, -0.1) is 0 Å². The quantitative estimate of drug-likeness (QED) is 0.677. The second-order valence-electron chi connectivity index (χ2n) is 5.46. The molecule has 2 aromatic rings. The molecule has 0 aliphatic heterocycles. The van der Waals surface area contributed by atoms with Gasteiger partial charge < -0.3 is 10.2 Å². The second-order valence-corrected chi connectivity index (χ2v) is 5.46. The van der Waals surface area contributed by atoms with Gasteiger partial charge in [0.05, 0.1) is 4.92 Å². The first kappa shape index (κ1) is 17.2. The summed E-state index contributed by atoms with van der Waals surface area (Å²) in [5, 5.41) is 13.9. The van der Waals surface area contributed by atoms with E-state index in [1.807, 2.05) is 0 Å². The first-order valence-electron chi connectivity index (χ1n) is 7.33. The lowest BCUT2D eigenvalue weighted by molar-refractivity contribution is -0.384. The standard InChI is InChI=1S/C18H19N3O3/c1-12(14-7-5-6-8-15(14)18(22)19-2)13-9-10-16(20(3)4)17(11-13)21(23)24/h5-11H,1H2,2-4H3,(H,19,22). The minimum absolute atomic E-state index is 0.00364. The van der Waals surface area contributed by atoms with Crippen molar-refractivity contribution >= 4 is 22.9 Å². The van der Waals surface area contributed by atoms with E-state index in [4.69, 9.17) is 0 Å². The van der Waals surface area contributed by atoms with Gasteiger partial charge in [-0.25, -0.2) is 0 Å². The van der Waals surface area contributed by atoms with Crippen molar-refractivity contribution in [3.63, 3.8) is 0 Å². The van der Waals surface area contributed by atoms with E-state index in [-0.39, 0.29) is 11.6 Å². The van der Waals surface area contributed by atoms with Crippen LogP contribution in [0.1, 0.15) is 21.5 Å². The van der Waals surface area contributed by atoms with Crippen LogP contribution in [0.2, 0.25) is 0 Å². The monoisotopic (exact) mass is 325 g/mol. The largest absolute Gasteiger partial charge is 0.372 e. The number of amides is 1. The molecule has 2 aromatic carbocycles. The van der Waals surface area contributed by atoms with Crippen molar-refractivity contribution in [1.29, 1.82) is 0 Å².